The van der Waals surface area contributed by atoms with Gasteiger partial charge in [-0.3, -0.25) is 0 Å². The molecule has 0 aliphatic carbocycles. The van der Waals surface area contributed by atoms with Gasteiger partial charge in [-0.2, -0.15) is 0 Å². The molecule has 2 fully saturated rings. The molecule has 0 bridgehead atoms. The maximum atomic E-state index is 10.9. The van der Waals surface area contributed by atoms with Gasteiger partial charge < -0.3 is 59.4 Å². The third-order valence-corrected chi connectivity index (χ3v) is 7.86. The maximum Gasteiger partial charge on any atom is 0.229 e. The van der Waals surface area contributed by atoms with Crippen molar-refractivity contribution in [1.29, 1.82) is 0 Å². The summed E-state index contributed by atoms with van der Waals surface area (Å²) in [7, 11) is 0. The largest absolute Gasteiger partial charge is 0.487 e. The summed E-state index contributed by atoms with van der Waals surface area (Å²) in [6, 6.07) is 0. The molecule has 1 aromatic carbocycles. The molecule has 0 radical (unpaired) electrons. The van der Waals surface area contributed by atoms with Crippen LogP contribution in [0.1, 0.15) is 42.5 Å². The summed E-state index contributed by atoms with van der Waals surface area (Å²) in [5.41, 5.74) is 3.20. The number of ether oxygens (including phenoxy) is 5. The Morgan fingerprint density at radius 2 is 1.37 bits per heavy atom. The van der Waals surface area contributed by atoms with Gasteiger partial charge in [0.05, 0.1) is 13.2 Å². The minimum Gasteiger partial charge on any atom is -0.487 e. The van der Waals surface area contributed by atoms with E-state index in [-0.39, 0.29) is 5.60 Å². The predicted molar refractivity (Wildman–Crippen MR) is 131 cm³/mol. The van der Waals surface area contributed by atoms with Gasteiger partial charge >= 0.3 is 0 Å². The van der Waals surface area contributed by atoms with Gasteiger partial charge in [-0.05, 0) is 64.2 Å². The van der Waals surface area contributed by atoms with Gasteiger partial charge in [0.15, 0.2) is 6.29 Å². The summed E-state index contributed by atoms with van der Waals surface area (Å²) in [4.78, 5) is 0. The predicted octanol–water partition coefficient (Wildman–Crippen LogP) is -1.28. The number of rotatable bonds is 6. The van der Waals surface area contributed by atoms with Gasteiger partial charge in [0.1, 0.15) is 65.9 Å². The molecule has 0 saturated carbocycles. The Balaban J connectivity index is 1.54. The average Bonchev–Trinajstić information content (AvgIpc) is 2.88. The molecule has 2 saturated heterocycles. The first-order valence-corrected chi connectivity index (χ1v) is 12.9. The fourth-order valence-corrected chi connectivity index (χ4v) is 5.29. The SMILES string of the molecule is Cc1c(C)c2c(c(C)c1O[C@@H]1O[C@H](CO)C(O[C@H]3O[C@H](CO)[C@@H](O)[C@H](O)[C@H]3O)[C@H](O)[C@H]1O)CCC(C)(C)O2. The Labute approximate surface area is 221 Å². The van der Waals surface area contributed by atoms with E-state index in [1.54, 1.807) is 0 Å². The van der Waals surface area contributed by atoms with Crippen LogP contribution < -0.4 is 9.47 Å². The highest BCUT2D eigenvalue weighted by Gasteiger charge is 2.51. The molecule has 10 atom stereocenters. The van der Waals surface area contributed by atoms with E-state index < -0.39 is 74.6 Å². The van der Waals surface area contributed by atoms with Crippen molar-refractivity contribution in [3.63, 3.8) is 0 Å². The standard InChI is InChI=1S/C26H40O12/c1-10-11(2)22-13(6-7-26(4,5)38-22)12(3)21(10)36-25-20(33)18(31)23(15(9-28)35-25)37-24-19(32)17(30)16(29)14(8-27)34-24/h14-20,23-25,27-33H,6-9H2,1-5H3/t14-,15-,16-,17+,18-,19-,20-,23?,24-,25+/m1/s1. The highest BCUT2D eigenvalue weighted by atomic mass is 16.7. The fraction of sp³-hybridized carbons (Fsp3) is 0.769. The number of benzene rings is 1. The molecular weight excluding hydrogens is 504 g/mol. The van der Waals surface area contributed by atoms with Crippen molar-refractivity contribution in [2.75, 3.05) is 13.2 Å². The highest BCUT2D eigenvalue weighted by Crippen LogP contribution is 2.44. The van der Waals surface area contributed by atoms with Crippen molar-refractivity contribution in [3.8, 4) is 11.5 Å². The van der Waals surface area contributed by atoms with E-state index in [4.69, 9.17) is 23.7 Å². The second-order valence-corrected chi connectivity index (χ2v) is 11.0. The Morgan fingerprint density at radius 3 is 2.00 bits per heavy atom. The summed E-state index contributed by atoms with van der Waals surface area (Å²) in [6.07, 6.45) is -13.5. The third-order valence-electron chi connectivity index (χ3n) is 7.86. The van der Waals surface area contributed by atoms with E-state index in [1.807, 2.05) is 34.6 Å². The van der Waals surface area contributed by atoms with Gasteiger partial charge in [-0.15, -0.1) is 0 Å². The van der Waals surface area contributed by atoms with Crippen LogP contribution in [0.5, 0.6) is 11.5 Å². The average molecular weight is 545 g/mol. The molecule has 12 nitrogen and oxygen atoms in total. The summed E-state index contributed by atoms with van der Waals surface area (Å²) >= 11 is 0. The monoisotopic (exact) mass is 544 g/mol. The first-order chi connectivity index (χ1) is 17.8. The number of aliphatic hydroxyl groups is 7. The number of aliphatic hydroxyl groups excluding tert-OH is 7. The topological polar surface area (TPSA) is 188 Å². The molecule has 216 valence electrons. The van der Waals surface area contributed by atoms with E-state index in [0.29, 0.717) is 5.75 Å². The van der Waals surface area contributed by atoms with Crippen LogP contribution in [0, 0.1) is 20.8 Å². The van der Waals surface area contributed by atoms with E-state index in [0.717, 1.165) is 40.8 Å². The molecule has 1 aromatic rings. The second-order valence-electron chi connectivity index (χ2n) is 11.0. The lowest BCUT2D eigenvalue weighted by Crippen LogP contribution is -2.65. The van der Waals surface area contributed by atoms with E-state index in [1.165, 1.54) is 0 Å². The van der Waals surface area contributed by atoms with Gasteiger partial charge in [0.25, 0.3) is 0 Å². The van der Waals surface area contributed by atoms with Gasteiger partial charge in [-0.25, -0.2) is 0 Å². The fourth-order valence-electron chi connectivity index (χ4n) is 5.29. The highest BCUT2D eigenvalue weighted by molar-refractivity contribution is 5.59. The molecule has 7 N–H and O–H groups in total. The molecule has 3 heterocycles. The van der Waals surface area contributed by atoms with Crippen molar-refractivity contribution in [3.05, 3.63) is 22.3 Å². The van der Waals surface area contributed by atoms with Gasteiger partial charge in [-0.1, -0.05) is 0 Å². The summed E-state index contributed by atoms with van der Waals surface area (Å²) in [5, 5.41) is 71.6. The quantitative estimate of drug-likeness (QED) is 0.225. The zero-order valence-electron chi connectivity index (χ0n) is 22.3. The van der Waals surface area contributed by atoms with Crippen molar-refractivity contribution in [2.24, 2.45) is 0 Å². The van der Waals surface area contributed by atoms with Crippen LogP contribution in [0.4, 0.5) is 0 Å². The molecule has 4 rings (SSSR count). The van der Waals surface area contributed by atoms with Crippen LogP contribution in [0.2, 0.25) is 0 Å². The van der Waals surface area contributed by atoms with Crippen LogP contribution in [0.15, 0.2) is 0 Å². The van der Waals surface area contributed by atoms with Crippen molar-refractivity contribution < 1.29 is 59.4 Å². The molecule has 0 amide bonds. The van der Waals surface area contributed by atoms with Crippen LogP contribution in [-0.2, 0) is 20.6 Å². The second kappa shape index (κ2) is 11.1. The van der Waals surface area contributed by atoms with Gasteiger partial charge in [0.2, 0.25) is 6.29 Å². The van der Waals surface area contributed by atoms with Crippen LogP contribution in [-0.4, -0.2) is 116 Å². The molecular formula is C26H40O12. The van der Waals surface area contributed by atoms with Crippen molar-refractivity contribution >= 4 is 0 Å². The Kier molecular flexibility index (Phi) is 8.61. The minimum atomic E-state index is -1.73. The lowest BCUT2D eigenvalue weighted by molar-refractivity contribution is -0.352. The molecule has 1 unspecified atom stereocenters. The summed E-state index contributed by atoms with van der Waals surface area (Å²) in [5.74, 6) is 1.29. The van der Waals surface area contributed by atoms with Crippen LogP contribution in [0.25, 0.3) is 0 Å². The zero-order chi connectivity index (χ0) is 28.1. The number of fused-ring (bicyclic) bond motifs is 1. The van der Waals surface area contributed by atoms with Gasteiger partial charge in [0, 0.05) is 5.56 Å². The van der Waals surface area contributed by atoms with E-state index >= 15 is 0 Å². The van der Waals surface area contributed by atoms with Crippen LogP contribution in [0.3, 0.4) is 0 Å². The number of hydrogen-bond acceptors (Lipinski definition) is 12. The first-order valence-electron chi connectivity index (χ1n) is 12.9. The van der Waals surface area contributed by atoms with E-state index in [9.17, 15) is 35.7 Å². The lowest BCUT2D eigenvalue weighted by atomic mass is 9.88. The van der Waals surface area contributed by atoms with Crippen LogP contribution >= 0.6 is 0 Å². The minimum absolute atomic E-state index is 0.296. The molecule has 0 aromatic heterocycles. The maximum absolute atomic E-state index is 10.9. The summed E-state index contributed by atoms with van der Waals surface area (Å²) < 4.78 is 29.1. The third kappa shape index (κ3) is 5.27. The molecule has 38 heavy (non-hydrogen) atoms. The molecule has 3 aliphatic rings. The first kappa shape index (κ1) is 29.4. The summed E-state index contributed by atoms with van der Waals surface area (Å²) in [6.45, 7) is 8.45. The normalized spacial score (nSPS) is 38.8. The Bertz CT molecular complexity index is 995. The van der Waals surface area contributed by atoms with Crippen molar-refractivity contribution in [1.82, 2.24) is 0 Å². The number of hydrogen-bond donors (Lipinski definition) is 7. The van der Waals surface area contributed by atoms with Crippen molar-refractivity contribution in [2.45, 2.75) is 114 Å². The zero-order valence-corrected chi connectivity index (χ0v) is 22.3. The molecule has 12 heteroatoms. The Hall–Kier alpha value is -1.58. The molecule has 3 aliphatic heterocycles. The Morgan fingerprint density at radius 1 is 0.763 bits per heavy atom. The smallest absolute Gasteiger partial charge is 0.229 e. The lowest BCUT2D eigenvalue weighted by Gasteiger charge is -2.46. The molecule has 0 spiro atoms. The van der Waals surface area contributed by atoms with E-state index in [2.05, 4.69) is 0 Å².